The molecule has 0 bridgehead atoms. The van der Waals surface area contributed by atoms with Gasteiger partial charge in [-0.1, -0.05) is 58.7 Å². The third-order valence-electron chi connectivity index (χ3n) is 8.69. The average Bonchev–Trinajstić information content (AvgIpc) is 3.86. The maximum atomic E-state index is 13.5. The summed E-state index contributed by atoms with van der Waals surface area (Å²) in [5.41, 5.74) is 7.06. The van der Waals surface area contributed by atoms with Gasteiger partial charge < -0.3 is 14.6 Å². The van der Waals surface area contributed by atoms with Crippen LogP contribution in [0.15, 0.2) is 84.9 Å². The minimum Gasteiger partial charge on any atom is -0.497 e. The highest BCUT2D eigenvalue weighted by Gasteiger charge is 2.20. The molecule has 0 radical (unpaired) electrons. The van der Waals surface area contributed by atoms with Crippen molar-refractivity contribution in [2.24, 2.45) is 0 Å². The average molecular weight is 711 g/mol. The Morgan fingerprint density at radius 3 is 2.59 bits per heavy atom. The first-order chi connectivity index (χ1) is 23.9. The number of methoxy groups -OCH3 is 1. The van der Waals surface area contributed by atoms with Crippen molar-refractivity contribution in [1.29, 1.82) is 0 Å². The summed E-state index contributed by atoms with van der Waals surface area (Å²) in [4.78, 5) is 18.4. The fraction of sp³-hybridized carbons (Fsp3) is 0.216. The van der Waals surface area contributed by atoms with Crippen molar-refractivity contribution in [2.75, 3.05) is 7.11 Å². The van der Waals surface area contributed by atoms with Crippen molar-refractivity contribution in [3.63, 3.8) is 0 Å². The zero-order valence-electron chi connectivity index (χ0n) is 26.7. The molecule has 7 aromatic rings. The van der Waals surface area contributed by atoms with Gasteiger partial charge in [-0.05, 0) is 84.5 Å². The third kappa shape index (κ3) is 7.46. The van der Waals surface area contributed by atoms with Gasteiger partial charge in [0.05, 0.1) is 22.3 Å². The Hall–Kier alpha value is -4.77. The predicted molar refractivity (Wildman–Crippen MR) is 195 cm³/mol. The molecule has 0 aliphatic carbocycles. The van der Waals surface area contributed by atoms with Gasteiger partial charge in [-0.15, -0.1) is 21.5 Å². The van der Waals surface area contributed by atoms with Crippen LogP contribution in [0.1, 0.15) is 43.6 Å². The van der Waals surface area contributed by atoms with Gasteiger partial charge in [0, 0.05) is 64.2 Å². The molecule has 9 nitrogen and oxygen atoms in total. The summed E-state index contributed by atoms with van der Waals surface area (Å²) in [6.07, 6.45) is 3.73. The normalized spacial score (nSPS) is 11.4. The molecule has 3 heterocycles. The number of benzene rings is 4. The molecule has 0 spiro atoms. The molecule has 12 heteroatoms. The van der Waals surface area contributed by atoms with E-state index in [0.717, 1.165) is 63.1 Å². The number of fused-ring (bicyclic) bond motifs is 2. The molecule has 49 heavy (non-hydrogen) atoms. The molecule has 7 rings (SSSR count). The second kappa shape index (κ2) is 14.8. The number of nitrogens with zero attached hydrogens (tertiary/aromatic N) is 5. The summed E-state index contributed by atoms with van der Waals surface area (Å²) in [5.74, 6) is 1.28. The van der Waals surface area contributed by atoms with Crippen molar-refractivity contribution < 1.29 is 9.53 Å². The van der Waals surface area contributed by atoms with Crippen molar-refractivity contribution >= 4 is 61.6 Å². The number of hydrogen-bond acceptors (Lipinski definition) is 7. The van der Waals surface area contributed by atoms with Gasteiger partial charge in [0.15, 0.2) is 5.82 Å². The third-order valence-corrected chi connectivity index (χ3v) is 10.4. The van der Waals surface area contributed by atoms with Crippen LogP contribution >= 0.6 is 34.5 Å². The van der Waals surface area contributed by atoms with Crippen LogP contribution in [0.5, 0.6) is 5.75 Å². The summed E-state index contributed by atoms with van der Waals surface area (Å²) in [7, 11) is 1.67. The monoisotopic (exact) mass is 709 g/mol. The maximum absolute atomic E-state index is 13.5. The van der Waals surface area contributed by atoms with Crippen LogP contribution in [0.2, 0.25) is 10.0 Å². The van der Waals surface area contributed by atoms with Crippen LogP contribution < -0.4 is 10.1 Å². The van der Waals surface area contributed by atoms with E-state index in [9.17, 15) is 4.79 Å². The number of aryl methyl sites for hydroxylation is 5. The molecule has 3 aromatic heterocycles. The van der Waals surface area contributed by atoms with Crippen molar-refractivity contribution in [2.45, 2.75) is 45.2 Å². The van der Waals surface area contributed by atoms with E-state index >= 15 is 0 Å². The molecule has 0 fully saturated rings. The predicted octanol–water partition coefficient (Wildman–Crippen LogP) is 7.82. The van der Waals surface area contributed by atoms with Crippen LogP contribution in [-0.2, 0) is 45.2 Å². The number of amides is 1. The molecule has 4 aromatic carbocycles. The number of carbonyl (C=O) groups is 1. The fourth-order valence-electron chi connectivity index (χ4n) is 6.19. The lowest BCUT2D eigenvalue weighted by molar-refractivity contribution is 0.0951. The minimum atomic E-state index is -0.156. The number of carbonyl (C=O) groups excluding carboxylic acids is 1. The highest BCUT2D eigenvalue weighted by molar-refractivity contribution is 7.18. The van der Waals surface area contributed by atoms with Crippen molar-refractivity contribution in [3.8, 4) is 5.75 Å². The lowest BCUT2D eigenvalue weighted by Crippen LogP contribution is -2.22. The summed E-state index contributed by atoms with van der Waals surface area (Å²) in [5, 5.41) is 21.2. The Labute approximate surface area is 297 Å². The second-order valence-corrected chi connectivity index (χ2v) is 13.7. The van der Waals surface area contributed by atoms with E-state index in [1.54, 1.807) is 18.4 Å². The molecule has 0 unspecified atom stereocenters. The van der Waals surface area contributed by atoms with Gasteiger partial charge in [-0.2, -0.15) is 5.21 Å². The SMILES string of the molecule is COc1ccc2sc(CCc3c(CCc4ccc(Cl)cc4)c4cc(C(=O)NCc5ccccc5Cl)ccc4n3CCc3nn[nH]n3)nc2c1. The number of tetrazole rings is 1. The minimum absolute atomic E-state index is 0.156. The smallest absolute Gasteiger partial charge is 0.251 e. The molecule has 0 saturated carbocycles. The largest absolute Gasteiger partial charge is 0.497 e. The summed E-state index contributed by atoms with van der Waals surface area (Å²) in [6.45, 7) is 0.992. The fourth-order valence-corrected chi connectivity index (χ4v) is 7.47. The number of ether oxygens (including phenoxy) is 1. The number of aromatic amines is 1. The molecule has 0 atom stereocenters. The maximum Gasteiger partial charge on any atom is 0.251 e. The first-order valence-corrected chi connectivity index (χ1v) is 17.6. The number of rotatable bonds is 13. The number of nitrogens with one attached hydrogen (secondary N) is 2. The van der Waals surface area contributed by atoms with E-state index in [1.807, 2.05) is 60.7 Å². The Kier molecular flexibility index (Phi) is 9.88. The zero-order valence-corrected chi connectivity index (χ0v) is 29.1. The first kappa shape index (κ1) is 32.8. The highest BCUT2D eigenvalue weighted by atomic mass is 35.5. The first-order valence-electron chi connectivity index (χ1n) is 16.0. The molecule has 1 amide bonds. The summed E-state index contributed by atoms with van der Waals surface area (Å²) < 4.78 is 8.91. The Morgan fingerprint density at radius 2 is 1.80 bits per heavy atom. The van der Waals surface area contributed by atoms with E-state index in [-0.39, 0.29) is 5.91 Å². The number of halogens is 2. The van der Waals surface area contributed by atoms with Gasteiger partial charge in [0.2, 0.25) is 0 Å². The highest BCUT2D eigenvalue weighted by Crippen LogP contribution is 2.32. The lowest BCUT2D eigenvalue weighted by atomic mass is 9.99. The lowest BCUT2D eigenvalue weighted by Gasteiger charge is -2.12. The van der Waals surface area contributed by atoms with E-state index in [2.05, 4.69) is 54.8 Å². The molecule has 0 saturated heterocycles. The van der Waals surface area contributed by atoms with Gasteiger partial charge >= 0.3 is 0 Å². The van der Waals surface area contributed by atoms with Crippen LogP contribution in [-0.4, -0.2) is 43.2 Å². The van der Waals surface area contributed by atoms with Gasteiger partial charge in [-0.3, -0.25) is 4.79 Å². The van der Waals surface area contributed by atoms with E-state index in [0.29, 0.717) is 40.9 Å². The Morgan fingerprint density at radius 1 is 0.939 bits per heavy atom. The summed E-state index contributed by atoms with van der Waals surface area (Å²) in [6, 6.07) is 27.5. The summed E-state index contributed by atoms with van der Waals surface area (Å²) >= 11 is 14.3. The van der Waals surface area contributed by atoms with Gasteiger partial charge in [0.25, 0.3) is 5.91 Å². The molecular formula is C37H33Cl2N7O2S. The molecule has 0 aliphatic heterocycles. The van der Waals surface area contributed by atoms with Crippen molar-refractivity contribution in [3.05, 3.63) is 134 Å². The van der Waals surface area contributed by atoms with E-state index in [4.69, 9.17) is 32.9 Å². The quantitative estimate of drug-likeness (QED) is 0.126. The van der Waals surface area contributed by atoms with Crippen molar-refractivity contribution in [1.82, 2.24) is 35.5 Å². The van der Waals surface area contributed by atoms with E-state index in [1.165, 1.54) is 16.8 Å². The number of hydrogen-bond donors (Lipinski definition) is 2. The van der Waals surface area contributed by atoms with E-state index < -0.39 is 0 Å². The second-order valence-electron chi connectivity index (χ2n) is 11.7. The Balaban J connectivity index is 1.26. The molecule has 248 valence electrons. The van der Waals surface area contributed by atoms with Crippen LogP contribution in [0.4, 0.5) is 0 Å². The van der Waals surface area contributed by atoms with Gasteiger partial charge in [0.1, 0.15) is 5.75 Å². The van der Waals surface area contributed by atoms with Crippen LogP contribution in [0.3, 0.4) is 0 Å². The zero-order chi connectivity index (χ0) is 33.7. The van der Waals surface area contributed by atoms with Gasteiger partial charge in [-0.25, -0.2) is 4.98 Å². The Bertz CT molecular complexity index is 2230. The van der Waals surface area contributed by atoms with Crippen LogP contribution in [0.25, 0.3) is 21.1 Å². The molecule has 2 N–H and O–H groups in total. The molecule has 0 aliphatic rings. The standard InChI is InChI=1S/C37H33Cl2N7O2S/c1-48-27-12-16-34-31(21-27)41-36(49-34)17-15-32-28(13-8-23-6-10-26(38)11-7-23)29-20-24(37(47)40-22-25-4-2-3-5-30(25)39)9-14-33(29)46(32)19-18-35-42-44-45-43-35/h2-7,9-12,14,16,20-21H,8,13,15,17-19,22H2,1H3,(H,40,47)(H,42,43,44,45). The number of H-pyrrole nitrogens is 1. The molecular weight excluding hydrogens is 677 g/mol. The number of thiazole rings is 1. The van der Waals surface area contributed by atoms with Crippen LogP contribution in [0, 0.1) is 0 Å². The number of aromatic nitrogens is 6. The topological polar surface area (TPSA) is 111 Å².